The third-order valence-electron chi connectivity index (χ3n) is 5.53. The number of rotatable bonds is 3. The second-order valence-corrected chi connectivity index (χ2v) is 6.80. The van der Waals surface area contributed by atoms with Gasteiger partial charge in [0.1, 0.15) is 5.82 Å². The second kappa shape index (κ2) is 6.26. The molecule has 1 aliphatic carbocycles. The molecule has 2 saturated heterocycles. The molecule has 3 aliphatic rings. The average Bonchev–Trinajstić information content (AvgIpc) is 3.28. The molecule has 0 radical (unpaired) electrons. The lowest BCUT2D eigenvalue weighted by molar-refractivity contribution is -0.0441. The van der Waals surface area contributed by atoms with Crippen molar-refractivity contribution in [3.8, 4) is 0 Å². The molecule has 0 amide bonds. The Morgan fingerprint density at radius 2 is 1.86 bits per heavy atom. The highest BCUT2D eigenvalue weighted by Gasteiger charge is 2.43. The lowest BCUT2D eigenvalue weighted by atomic mass is 9.79. The van der Waals surface area contributed by atoms with E-state index < -0.39 is 0 Å². The predicted octanol–water partition coefficient (Wildman–Crippen LogP) is 1.80. The van der Waals surface area contributed by atoms with Crippen LogP contribution in [0.1, 0.15) is 56.1 Å². The van der Waals surface area contributed by atoms with E-state index in [0.29, 0.717) is 5.92 Å². The van der Waals surface area contributed by atoms with E-state index in [0.717, 1.165) is 57.6 Å². The number of aromatic amines is 1. The summed E-state index contributed by atoms with van der Waals surface area (Å²) in [4.78, 5) is 7.51. The van der Waals surface area contributed by atoms with Crippen molar-refractivity contribution in [1.82, 2.24) is 20.1 Å². The molecule has 1 aromatic heterocycles. The predicted molar refractivity (Wildman–Crippen MR) is 81.7 cm³/mol. The normalized spacial score (nSPS) is 29.7. The van der Waals surface area contributed by atoms with Crippen LogP contribution in [-0.4, -0.2) is 59.6 Å². The van der Waals surface area contributed by atoms with E-state index >= 15 is 0 Å². The van der Waals surface area contributed by atoms with Gasteiger partial charge in [-0.3, -0.25) is 10.00 Å². The Morgan fingerprint density at radius 1 is 1.05 bits per heavy atom. The molecule has 0 unspecified atom stereocenters. The van der Waals surface area contributed by atoms with Crippen LogP contribution in [0, 0.1) is 0 Å². The van der Waals surface area contributed by atoms with Crippen molar-refractivity contribution in [2.45, 2.75) is 50.0 Å². The van der Waals surface area contributed by atoms with Crippen LogP contribution in [0.3, 0.4) is 0 Å². The maximum absolute atomic E-state index is 5.55. The Balaban J connectivity index is 1.62. The largest absolute Gasteiger partial charge is 0.381 e. The van der Waals surface area contributed by atoms with Crippen LogP contribution in [0.5, 0.6) is 0 Å². The molecule has 4 rings (SSSR count). The molecule has 3 fully saturated rings. The minimum absolute atomic E-state index is 0.0240. The highest BCUT2D eigenvalue weighted by atomic mass is 16.5. The van der Waals surface area contributed by atoms with Crippen molar-refractivity contribution < 1.29 is 9.47 Å². The first-order valence-electron chi connectivity index (χ1n) is 8.72. The lowest BCUT2D eigenvalue weighted by Gasteiger charge is -2.46. The van der Waals surface area contributed by atoms with E-state index in [1.807, 2.05) is 0 Å². The number of morpholine rings is 1. The van der Waals surface area contributed by atoms with Crippen LogP contribution < -0.4 is 0 Å². The number of aromatic nitrogens is 3. The monoisotopic (exact) mass is 306 g/mol. The first-order chi connectivity index (χ1) is 10.9. The van der Waals surface area contributed by atoms with Gasteiger partial charge in [-0.25, -0.2) is 4.98 Å². The number of nitrogens with one attached hydrogen (secondary N) is 1. The highest BCUT2D eigenvalue weighted by molar-refractivity contribution is 5.11. The van der Waals surface area contributed by atoms with Crippen LogP contribution in [0.4, 0.5) is 0 Å². The van der Waals surface area contributed by atoms with Gasteiger partial charge in [0.2, 0.25) is 0 Å². The van der Waals surface area contributed by atoms with Gasteiger partial charge in [0.25, 0.3) is 0 Å². The van der Waals surface area contributed by atoms with Gasteiger partial charge in [-0.1, -0.05) is 19.3 Å². The molecule has 0 bridgehead atoms. The Labute approximate surface area is 131 Å². The zero-order valence-corrected chi connectivity index (χ0v) is 13.2. The van der Waals surface area contributed by atoms with Crippen LogP contribution in [0.15, 0.2) is 0 Å². The van der Waals surface area contributed by atoms with Gasteiger partial charge in [-0.15, -0.1) is 0 Å². The van der Waals surface area contributed by atoms with E-state index in [1.54, 1.807) is 0 Å². The Kier molecular flexibility index (Phi) is 4.15. The van der Waals surface area contributed by atoms with Crippen molar-refractivity contribution in [3.05, 3.63) is 11.6 Å². The van der Waals surface area contributed by atoms with Gasteiger partial charge >= 0.3 is 0 Å². The summed E-state index contributed by atoms with van der Waals surface area (Å²) in [6.45, 7) is 5.27. The van der Waals surface area contributed by atoms with Crippen LogP contribution in [0.25, 0.3) is 0 Å². The van der Waals surface area contributed by atoms with Crippen LogP contribution in [-0.2, 0) is 15.0 Å². The number of hydrogen-bond donors (Lipinski definition) is 1. The number of nitrogens with zero attached hydrogens (tertiary/aromatic N) is 3. The fourth-order valence-electron chi connectivity index (χ4n) is 4.22. The third kappa shape index (κ3) is 2.57. The fraction of sp³-hybridized carbons (Fsp3) is 0.875. The molecule has 6 nitrogen and oxygen atoms in total. The van der Waals surface area contributed by atoms with Crippen LogP contribution in [0.2, 0.25) is 0 Å². The molecule has 122 valence electrons. The topological polar surface area (TPSA) is 63.3 Å². The Bertz CT molecular complexity index is 486. The molecular formula is C16H26N4O2. The molecule has 3 heterocycles. The van der Waals surface area contributed by atoms with Crippen molar-refractivity contribution in [3.63, 3.8) is 0 Å². The SMILES string of the molecule is C1CCC(c2n[nH]c([C@H]3CCOC3)n2)(N2CCOCC2)CC1. The van der Waals surface area contributed by atoms with Gasteiger partial charge in [0.05, 0.1) is 25.4 Å². The maximum Gasteiger partial charge on any atom is 0.170 e. The van der Waals surface area contributed by atoms with E-state index in [-0.39, 0.29) is 5.54 Å². The summed E-state index contributed by atoms with van der Waals surface area (Å²) in [6.07, 6.45) is 7.28. The molecule has 1 N–H and O–H groups in total. The second-order valence-electron chi connectivity index (χ2n) is 6.80. The van der Waals surface area contributed by atoms with Gasteiger partial charge in [-0.05, 0) is 19.3 Å². The first kappa shape index (κ1) is 14.6. The zero-order chi connectivity index (χ0) is 14.8. The van der Waals surface area contributed by atoms with Gasteiger partial charge in [0, 0.05) is 25.6 Å². The van der Waals surface area contributed by atoms with Crippen LogP contribution >= 0.6 is 0 Å². The van der Waals surface area contributed by atoms with Crippen molar-refractivity contribution >= 4 is 0 Å². The summed E-state index contributed by atoms with van der Waals surface area (Å²) in [5.74, 6) is 2.42. The molecule has 1 saturated carbocycles. The fourth-order valence-corrected chi connectivity index (χ4v) is 4.22. The number of H-pyrrole nitrogens is 1. The Morgan fingerprint density at radius 3 is 2.59 bits per heavy atom. The first-order valence-corrected chi connectivity index (χ1v) is 8.72. The smallest absolute Gasteiger partial charge is 0.170 e. The molecule has 6 heteroatoms. The summed E-state index contributed by atoms with van der Waals surface area (Å²) in [5, 5.41) is 7.87. The van der Waals surface area contributed by atoms with Gasteiger partial charge < -0.3 is 9.47 Å². The number of hydrogen-bond acceptors (Lipinski definition) is 5. The number of ether oxygens (including phenoxy) is 2. The quantitative estimate of drug-likeness (QED) is 0.922. The summed E-state index contributed by atoms with van der Waals surface area (Å²) in [6, 6.07) is 0. The maximum atomic E-state index is 5.55. The van der Waals surface area contributed by atoms with Crippen molar-refractivity contribution in [1.29, 1.82) is 0 Å². The Hall–Kier alpha value is -0.980. The summed E-state index contributed by atoms with van der Waals surface area (Å²) >= 11 is 0. The minimum atomic E-state index is 0.0240. The zero-order valence-electron chi connectivity index (χ0n) is 13.2. The van der Waals surface area contributed by atoms with E-state index in [2.05, 4.69) is 15.1 Å². The molecule has 22 heavy (non-hydrogen) atoms. The van der Waals surface area contributed by atoms with Crippen molar-refractivity contribution in [2.75, 3.05) is 39.5 Å². The summed E-state index contributed by atoms with van der Waals surface area (Å²) in [5.41, 5.74) is 0.0240. The lowest BCUT2D eigenvalue weighted by Crippen LogP contribution is -2.53. The standard InChI is InChI=1S/C16H26N4O2/c1-2-5-16(6-3-1,20-7-10-21-11-8-20)15-17-14(18-19-15)13-4-9-22-12-13/h13H,1-12H2,(H,17,18,19)/t13-/m0/s1. The molecular weight excluding hydrogens is 280 g/mol. The van der Waals surface area contributed by atoms with Gasteiger partial charge in [0.15, 0.2) is 5.82 Å². The van der Waals surface area contributed by atoms with Crippen molar-refractivity contribution in [2.24, 2.45) is 0 Å². The highest BCUT2D eigenvalue weighted by Crippen LogP contribution is 2.41. The molecule has 2 aliphatic heterocycles. The van der Waals surface area contributed by atoms with E-state index in [1.165, 1.54) is 32.1 Å². The third-order valence-corrected chi connectivity index (χ3v) is 5.53. The molecule has 1 atom stereocenters. The average molecular weight is 306 g/mol. The van der Waals surface area contributed by atoms with Gasteiger partial charge in [-0.2, -0.15) is 5.10 Å². The summed E-state index contributed by atoms with van der Waals surface area (Å²) in [7, 11) is 0. The molecule has 0 aromatic carbocycles. The van der Waals surface area contributed by atoms with E-state index in [9.17, 15) is 0 Å². The minimum Gasteiger partial charge on any atom is -0.381 e. The van der Waals surface area contributed by atoms with E-state index in [4.69, 9.17) is 14.5 Å². The molecule has 1 aromatic rings. The summed E-state index contributed by atoms with van der Waals surface area (Å²) < 4.78 is 11.0. The molecule has 0 spiro atoms.